The Morgan fingerprint density at radius 2 is 1.94 bits per heavy atom. The fourth-order valence-electron chi connectivity index (χ4n) is 1.51. The molecule has 1 aromatic rings. The van der Waals surface area contributed by atoms with Gasteiger partial charge in [0.2, 0.25) is 0 Å². The number of hydrogen-bond acceptors (Lipinski definition) is 3. The third-order valence-corrected chi connectivity index (χ3v) is 2.51. The van der Waals surface area contributed by atoms with Gasteiger partial charge in [-0.2, -0.15) is 0 Å². The van der Waals surface area contributed by atoms with E-state index in [0.717, 1.165) is 5.56 Å². The SMILES string of the molecule is C=C(C(=O)O)C(OO)C(C)c1ccccc1. The molecule has 0 bridgehead atoms. The first kappa shape index (κ1) is 12.4. The molecule has 0 aliphatic rings. The Kier molecular flexibility index (Phi) is 4.22. The lowest BCUT2D eigenvalue weighted by Crippen LogP contribution is -2.25. The molecule has 0 aromatic heterocycles. The van der Waals surface area contributed by atoms with E-state index in [9.17, 15) is 4.79 Å². The van der Waals surface area contributed by atoms with Crippen molar-refractivity contribution in [2.75, 3.05) is 0 Å². The maximum atomic E-state index is 10.7. The third-order valence-electron chi connectivity index (χ3n) is 2.51. The number of hydrogen-bond donors (Lipinski definition) is 2. The van der Waals surface area contributed by atoms with E-state index in [-0.39, 0.29) is 11.5 Å². The minimum atomic E-state index is -1.18. The van der Waals surface area contributed by atoms with E-state index >= 15 is 0 Å². The van der Waals surface area contributed by atoms with E-state index < -0.39 is 12.1 Å². The highest BCUT2D eigenvalue weighted by Crippen LogP contribution is 2.25. The van der Waals surface area contributed by atoms with Crippen molar-refractivity contribution < 1.29 is 20.0 Å². The summed E-state index contributed by atoms with van der Waals surface area (Å²) in [4.78, 5) is 15.0. The fraction of sp³-hybridized carbons (Fsp3) is 0.250. The molecule has 16 heavy (non-hydrogen) atoms. The zero-order chi connectivity index (χ0) is 12.1. The number of carboxylic acids is 1. The van der Waals surface area contributed by atoms with Crippen LogP contribution in [0.1, 0.15) is 18.4 Å². The van der Waals surface area contributed by atoms with E-state index in [2.05, 4.69) is 11.5 Å². The zero-order valence-electron chi connectivity index (χ0n) is 8.96. The maximum absolute atomic E-state index is 10.7. The minimum absolute atomic E-state index is 0.168. The molecule has 4 heteroatoms. The molecule has 2 atom stereocenters. The van der Waals surface area contributed by atoms with Crippen LogP contribution in [0, 0.1) is 0 Å². The molecule has 0 aliphatic heterocycles. The summed E-state index contributed by atoms with van der Waals surface area (Å²) < 4.78 is 0. The van der Waals surface area contributed by atoms with E-state index in [1.165, 1.54) is 0 Å². The van der Waals surface area contributed by atoms with Crippen molar-refractivity contribution in [3.05, 3.63) is 48.0 Å². The molecule has 86 valence electrons. The topological polar surface area (TPSA) is 66.8 Å². The van der Waals surface area contributed by atoms with Gasteiger partial charge >= 0.3 is 5.97 Å². The average molecular weight is 222 g/mol. The average Bonchev–Trinajstić information content (AvgIpc) is 2.30. The number of carbonyl (C=O) groups is 1. The normalized spacial score (nSPS) is 14.1. The molecule has 0 spiro atoms. The van der Waals surface area contributed by atoms with Crippen molar-refractivity contribution in [3.8, 4) is 0 Å². The van der Waals surface area contributed by atoms with Crippen LogP contribution >= 0.6 is 0 Å². The predicted molar refractivity (Wildman–Crippen MR) is 59.1 cm³/mol. The Labute approximate surface area is 93.7 Å². The molecule has 0 radical (unpaired) electrons. The summed E-state index contributed by atoms with van der Waals surface area (Å²) in [5.74, 6) is -1.46. The monoisotopic (exact) mass is 222 g/mol. The lowest BCUT2D eigenvalue weighted by Gasteiger charge is -2.21. The number of carboxylic acid groups (broad SMARTS) is 1. The summed E-state index contributed by atoms with van der Waals surface area (Å²) in [6.07, 6.45) is -0.945. The van der Waals surface area contributed by atoms with Crippen molar-refractivity contribution in [1.29, 1.82) is 0 Å². The van der Waals surface area contributed by atoms with Gasteiger partial charge in [0.05, 0.1) is 5.57 Å². The zero-order valence-corrected chi connectivity index (χ0v) is 8.96. The van der Waals surface area contributed by atoms with Crippen LogP contribution in [0.25, 0.3) is 0 Å². The van der Waals surface area contributed by atoms with Crippen LogP contribution in [-0.4, -0.2) is 22.4 Å². The second-order valence-electron chi connectivity index (χ2n) is 3.56. The largest absolute Gasteiger partial charge is 0.478 e. The molecule has 1 aromatic carbocycles. The molecule has 0 aliphatic carbocycles. The van der Waals surface area contributed by atoms with Crippen molar-refractivity contribution in [2.45, 2.75) is 18.9 Å². The van der Waals surface area contributed by atoms with Gasteiger partial charge in [-0.1, -0.05) is 43.8 Å². The van der Waals surface area contributed by atoms with Crippen molar-refractivity contribution in [3.63, 3.8) is 0 Å². The Balaban J connectivity index is 2.90. The molecule has 0 saturated carbocycles. The minimum Gasteiger partial charge on any atom is -0.478 e. The van der Waals surface area contributed by atoms with Crippen LogP contribution in [-0.2, 0) is 9.68 Å². The molecule has 4 nitrogen and oxygen atoms in total. The second kappa shape index (κ2) is 5.44. The van der Waals surface area contributed by atoms with E-state index in [4.69, 9.17) is 10.4 Å². The second-order valence-corrected chi connectivity index (χ2v) is 3.56. The third kappa shape index (κ3) is 2.68. The van der Waals surface area contributed by atoms with Gasteiger partial charge in [0.25, 0.3) is 0 Å². The van der Waals surface area contributed by atoms with Crippen LogP contribution < -0.4 is 0 Å². The van der Waals surface area contributed by atoms with E-state index in [1.54, 1.807) is 6.92 Å². The number of benzene rings is 1. The summed E-state index contributed by atoms with van der Waals surface area (Å²) in [5.41, 5.74) is 0.711. The molecular weight excluding hydrogens is 208 g/mol. The number of aliphatic carboxylic acids is 1. The Morgan fingerprint density at radius 1 is 1.38 bits per heavy atom. The number of rotatable bonds is 5. The summed E-state index contributed by atoms with van der Waals surface area (Å²) in [6.45, 7) is 5.16. The first-order valence-corrected chi connectivity index (χ1v) is 4.85. The molecule has 0 heterocycles. The first-order valence-electron chi connectivity index (χ1n) is 4.85. The van der Waals surface area contributed by atoms with Gasteiger partial charge < -0.3 is 5.11 Å². The van der Waals surface area contributed by atoms with Gasteiger partial charge in [-0.05, 0) is 5.56 Å². The molecule has 2 N–H and O–H groups in total. The highest BCUT2D eigenvalue weighted by atomic mass is 17.1. The Bertz CT molecular complexity index is 372. The van der Waals surface area contributed by atoms with Gasteiger partial charge in [-0.3, -0.25) is 5.26 Å². The van der Waals surface area contributed by atoms with Gasteiger partial charge in [0.1, 0.15) is 6.10 Å². The van der Waals surface area contributed by atoms with Crippen molar-refractivity contribution >= 4 is 5.97 Å². The van der Waals surface area contributed by atoms with Gasteiger partial charge in [0.15, 0.2) is 0 Å². The maximum Gasteiger partial charge on any atom is 0.333 e. The van der Waals surface area contributed by atoms with Gasteiger partial charge in [-0.15, -0.1) is 0 Å². The van der Waals surface area contributed by atoms with Crippen molar-refractivity contribution in [1.82, 2.24) is 0 Å². The molecular formula is C12H14O4. The lowest BCUT2D eigenvalue weighted by molar-refractivity contribution is -0.272. The summed E-state index contributed by atoms with van der Waals surface area (Å²) in [5, 5.41) is 17.5. The smallest absolute Gasteiger partial charge is 0.333 e. The summed E-state index contributed by atoms with van der Waals surface area (Å²) in [7, 11) is 0. The summed E-state index contributed by atoms with van der Waals surface area (Å²) in [6, 6.07) is 9.21. The lowest BCUT2D eigenvalue weighted by atomic mass is 9.91. The summed E-state index contributed by atoms with van der Waals surface area (Å²) >= 11 is 0. The Hall–Kier alpha value is -1.65. The van der Waals surface area contributed by atoms with Crippen LogP contribution in [0.5, 0.6) is 0 Å². The van der Waals surface area contributed by atoms with E-state index in [0.29, 0.717) is 0 Å². The van der Waals surface area contributed by atoms with Crippen LogP contribution in [0.15, 0.2) is 42.5 Å². The predicted octanol–water partition coefficient (Wildman–Crippen LogP) is 2.29. The fourth-order valence-corrected chi connectivity index (χ4v) is 1.51. The highest BCUT2D eigenvalue weighted by Gasteiger charge is 2.26. The van der Waals surface area contributed by atoms with Gasteiger partial charge in [-0.25, -0.2) is 9.68 Å². The van der Waals surface area contributed by atoms with E-state index in [1.807, 2.05) is 30.3 Å². The van der Waals surface area contributed by atoms with Gasteiger partial charge in [0, 0.05) is 5.92 Å². The Morgan fingerprint density at radius 3 is 2.38 bits per heavy atom. The highest BCUT2D eigenvalue weighted by molar-refractivity contribution is 5.87. The van der Waals surface area contributed by atoms with Crippen molar-refractivity contribution in [2.24, 2.45) is 0 Å². The van der Waals surface area contributed by atoms with Crippen LogP contribution in [0.4, 0.5) is 0 Å². The van der Waals surface area contributed by atoms with Crippen LogP contribution in [0.2, 0.25) is 0 Å². The molecule has 2 unspecified atom stereocenters. The molecule has 0 fully saturated rings. The standard InChI is InChI=1S/C12H14O4/c1-8(10-6-4-3-5-7-10)11(16-15)9(2)12(13)14/h3-8,11,15H,2H2,1H3,(H,13,14). The quantitative estimate of drug-likeness (QED) is 0.455. The molecule has 1 rings (SSSR count). The molecule has 0 saturated heterocycles. The first-order chi connectivity index (χ1) is 7.57. The molecule has 0 amide bonds. The van der Waals surface area contributed by atoms with Crippen LogP contribution in [0.3, 0.4) is 0 Å².